The Kier molecular flexibility index (Phi) is 4.32. The number of hydrogen-bond donors (Lipinski definition) is 1. The first-order chi connectivity index (χ1) is 9.70. The van der Waals surface area contributed by atoms with Crippen LogP contribution in [-0.2, 0) is 15.6 Å². The quantitative estimate of drug-likeness (QED) is 0.912. The third-order valence-electron chi connectivity index (χ3n) is 2.83. The summed E-state index contributed by atoms with van der Waals surface area (Å²) < 4.78 is 29.6. The molecule has 0 aliphatic heterocycles. The van der Waals surface area contributed by atoms with E-state index >= 15 is 0 Å². The normalized spacial score (nSPS) is 11.6. The highest BCUT2D eigenvalue weighted by Crippen LogP contribution is 2.27. The third-order valence-corrected chi connectivity index (χ3v) is 5.23. The summed E-state index contributed by atoms with van der Waals surface area (Å²) >= 11 is 11.6. The minimum atomic E-state index is -3.68. The van der Waals surface area contributed by atoms with Crippen molar-refractivity contribution in [3.05, 3.63) is 51.4 Å². The Balaban J connectivity index is 2.37. The van der Waals surface area contributed by atoms with E-state index in [9.17, 15) is 13.2 Å². The summed E-state index contributed by atoms with van der Waals surface area (Å²) in [6.07, 6.45) is 0. The van der Waals surface area contributed by atoms with E-state index < -0.39 is 15.8 Å². The Labute approximate surface area is 131 Å². The van der Waals surface area contributed by atoms with E-state index in [0.717, 1.165) is 0 Å². The van der Waals surface area contributed by atoms with E-state index in [1.807, 2.05) is 0 Å². The molecule has 0 unspecified atom stereocenters. The molecule has 1 aromatic heterocycles. The van der Waals surface area contributed by atoms with E-state index in [1.54, 1.807) is 0 Å². The average Bonchev–Trinajstić information content (AvgIpc) is 2.74. The Hall–Kier alpha value is -1.50. The molecule has 5 nitrogen and oxygen atoms in total. The maximum atomic E-state index is 12.3. The molecule has 0 bridgehead atoms. The minimum absolute atomic E-state index is 0.00868. The summed E-state index contributed by atoms with van der Waals surface area (Å²) in [4.78, 5) is 10.8. The van der Waals surface area contributed by atoms with Crippen molar-refractivity contribution < 1.29 is 22.7 Å². The first-order valence-corrected chi connectivity index (χ1v) is 8.12. The summed E-state index contributed by atoms with van der Waals surface area (Å²) in [6.45, 7) is 1.51. The SMILES string of the molecule is Cc1oc(C(=O)O)cc1CS(=O)(=O)c1ccc(Cl)c(Cl)c1. The predicted molar refractivity (Wildman–Crippen MR) is 77.8 cm³/mol. The topological polar surface area (TPSA) is 84.6 Å². The smallest absolute Gasteiger partial charge is 0.371 e. The van der Waals surface area contributed by atoms with Gasteiger partial charge in [0, 0.05) is 5.56 Å². The Morgan fingerprint density at radius 3 is 2.43 bits per heavy atom. The van der Waals surface area contributed by atoms with Crippen LogP contribution in [0, 0.1) is 6.92 Å². The number of carboxylic acid groups (broad SMARTS) is 1. The lowest BCUT2D eigenvalue weighted by Gasteiger charge is -2.05. The molecule has 2 rings (SSSR count). The van der Waals surface area contributed by atoms with Crippen molar-refractivity contribution in [3.63, 3.8) is 0 Å². The maximum absolute atomic E-state index is 12.3. The molecule has 112 valence electrons. The molecule has 0 radical (unpaired) electrons. The summed E-state index contributed by atoms with van der Waals surface area (Å²) in [5.41, 5.74) is 0.290. The fourth-order valence-corrected chi connectivity index (χ4v) is 3.53. The van der Waals surface area contributed by atoms with Crippen LogP contribution in [0.5, 0.6) is 0 Å². The molecule has 2 aromatic rings. The summed E-state index contributed by atoms with van der Waals surface area (Å²) in [5, 5.41) is 9.21. The molecule has 0 atom stereocenters. The molecule has 0 fully saturated rings. The van der Waals surface area contributed by atoms with Crippen LogP contribution < -0.4 is 0 Å². The van der Waals surface area contributed by atoms with Gasteiger partial charge in [0.15, 0.2) is 9.84 Å². The Bertz CT molecular complexity index is 808. The fourth-order valence-electron chi connectivity index (χ4n) is 1.73. The van der Waals surface area contributed by atoms with Gasteiger partial charge in [0.05, 0.1) is 20.7 Å². The van der Waals surface area contributed by atoms with Gasteiger partial charge in [-0.2, -0.15) is 0 Å². The zero-order valence-corrected chi connectivity index (χ0v) is 13.1. The first kappa shape index (κ1) is 15.9. The van der Waals surface area contributed by atoms with Crippen molar-refractivity contribution in [2.75, 3.05) is 0 Å². The van der Waals surface area contributed by atoms with Crippen LogP contribution in [0.2, 0.25) is 10.0 Å². The van der Waals surface area contributed by atoms with E-state index in [2.05, 4.69) is 0 Å². The van der Waals surface area contributed by atoms with Gasteiger partial charge in [-0.1, -0.05) is 23.2 Å². The number of sulfone groups is 1. The number of benzene rings is 1. The summed E-state index contributed by atoms with van der Waals surface area (Å²) in [6, 6.07) is 5.19. The zero-order chi connectivity index (χ0) is 15.8. The van der Waals surface area contributed by atoms with Crippen LogP contribution in [0.3, 0.4) is 0 Å². The highest BCUT2D eigenvalue weighted by atomic mass is 35.5. The van der Waals surface area contributed by atoms with Gasteiger partial charge < -0.3 is 9.52 Å². The van der Waals surface area contributed by atoms with E-state index in [1.165, 1.54) is 31.2 Å². The number of aromatic carboxylic acids is 1. The number of carboxylic acids is 1. The van der Waals surface area contributed by atoms with Crippen molar-refractivity contribution in [2.24, 2.45) is 0 Å². The standard InChI is InChI=1S/C13H10Cl2O5S/c1-7-8(4-12(20-7)13(16)17)6-21(18,19)9-2-3-10(14)11(15)5-9/h2-5H,6H2,1H3,(H,16,17). The molecule has 1 aromatic carbocycles. The Morgan fingerprint density at radius 1 is 1.24 bits per heavy atom. The second kappa shape index (κ2) is 5.71. The molecule has 21 heavy (non-hydrogen) atoms. The molecule has 8 heteroatoms. The largest absolute Gasteiger partial charge is 0.475 e. The van der Waals surface area contributed by atoms with Crippen LogP contribution >= 0.6 is 23.2 Å². The van der Waals surface area contributed by atoms with Gasteiger partial charge >= 0.3 is 5.97 Å². The molecule has 0 saturated heterocycles. The highest BCUT2D eigenvalue weighted by Gasteiger charge is 2.21. The van der Waals surface area contributed by atoms with Crippen molar-refractivity contribution in [3.8, 4) is 0 Å². The van der Waals surface area contributed by atoms with Crippen LogP contribution in [0.1, 0.15) is 21.9 Å². The lowest BCUT2D eigenvalue weighted by Crippen LogP contribution is -2.05. The number of aryl methyl sites for hydroxylation is 1. The van der Waals surface area contributed by atoms with Crippen molar-refractivity contribution in [1.82, 2.24) is 0 Å². The minimum Gasteiger partial charge on any atom is -0.475 e. The number of hydrogen-bond acceptors (Lipinski definition) is 4. The van der Waals surface area contributed by atoms with Crippen LogP contribution in [0.25, 0.3) is 0 Å². The molecule has 1 N–H and O–H groups in total. The number of furan rings is 1. The monoisotopic (exact) mass is 348 g/mol. The second-order valence-electron chi connectivity index (χ2n) is 4.33. The van der Waals surface area contributed by atoms with Gasteiger partial charge in [-0.15, -0.1) is 0 Å². The average molecular weight is 349 g/mol. The van der Waals surface area contributed by atoms with Gasteiger partial charge in [0.1, 0.15) is 5.76 Å². The lowest BCUT2D eigenvalue weighted by molar-refractivity contribution is 0.0661. The van der Waals surface area contributed by atoms with E-state index in [4.69, 9.17) is 32.7 Å². The number of halogens is 2. The van der Waals surface area contributed by atoms with Gasteiger partial charge in [-0.3, -0.25) is 0 Å². The van der Waals surface area contributed by atoms with Crippen LogP contribution in [0.15, 0.2) is 33.6 Å². The molecule has 0 spiro atoms. The fraction of sp³-hybridized carbons (Fsp3) is 0.154. The van der Waals surface area contributed by atoms with Gasteiger partial charge in [0.2, 0.25) is 5.76 Å². The summed E-state index contributed by atoms with van der Waals surface area (Å²) in [5.74, 6) is -1.69. The van der Waals surface area contributed by atoms with Crippen molar-refractivity contribution in [2.45, 2.75) is 17.6 Å². The molecule has 0 amide bonds. The lowest BCUT2D eigenvalue weighted by atomic mass is 10.3. The van der Waals surface area contributed by atoms with Crippen molar-refractivity contribution in [1.29, 1.82) is 0 Å². The molecule has 0 aliphatic carbocycles. The summed E-state index contributed by atoms with van der Waals surface area (Å²) in [7, 11) is -3.68. The maximum Gasteiger partial charge on any atom is 0.371 e. The van der Waals surface area contributed by atoms with Crippen LogP contribution in [0.4, 0.5) is 0 Å². The number of rotatable bonds is 4. The molecule has 0 aliphatic rings. The van der Waals surface area contributed by atoms with Gasteiger partial charge in [-0.25, -0.2) is 13.2 Å². The highest BCUT2D eigenvalue weighted by molar-refractivity contribution is 7.90. The third kappa shape index (κ3) is 3.40. The second-order valence-corrected chi connectivity index (χ2v) is 7.14. The molecular formula is C13H10Cl2O5S. The molecule has 1 heterocycles. The Morgan fingerprint density at radius 2 is 1.90 bits per heavy atom. The van der Waals surface area contributed by atoms with E-state index in [0.29, 0.717) is 5.56 Å². The molecular weight excluding hydrogens is 339 g/mol. The van der Waals surface area contributed by atoms with Crippen molar-refractivity contribution >= 4 is 39.0 Å². The zero-order valence-electron chi connectivity index (χ0n) is 10.8. The predicted octanol–water partition coefficient (Wildman–Crippen LogP) is 3.57. The van der Waals surface area contributed by atoms with Gasteiger partial charge in [-0.05, 0) is 31.2 Å². The van der Waals surface area contributed by atoms with Crippen LogP contribution in [-0.4, -0.2) is 19.5 Å². The van der Waals surface area contributed by atoms with Gasteiger partial charge in [0.25, 0.3) is 0 Å². The molecule has 0 saturated carbocycles. The number of carbonyl (C=O) groups is 1. The first-order valence-electron chi connectivity index (χ1n) is 5.71. The van der Waals surface area contributed by atoms with E-state index in [-0.39, 0.29) is 32.2 Å².